The Hall–Kier alpha value is -2.35. The number of likely N-dealkylation sites (tertiary alicyclic amines) is 1. The molecule has 5 nitrogen and oxygen atoms in total. The van der Waals surface area contributed by atoms with Gasteiger partial charge in [-0.25, -0.2) is 0 Å². The Bertz CT molecular complexity index is 950. The molecule has 0 bridgehead atoms. The van der Waals surface area contributed by atoms with E-state index in [1.165, 1.54) is 24.0 Å². The van der Waals surface area contributed by atoms with Gasteiger partial charge in [-0.15, -0.1) is 18.3 Å². The molecule has 0 radical (unpaired) electrons. The zero-order chi connectivity index (χ0) is 28.1. The first-order chi connectivity index (χ1) is 19.7. The minimum atomic E-state index is 0. The quantitative estimate of drug-likeness (QED) is 0.166. The molecule has 0 N–H and O–H groups in total. The Morgan fingerprint density at radius 2 is 1.20 bits per heavy atom. The molecular weight excluding hydrogens is 534 g/mol. The average molecular weight is 582 g/mol. The van der Waals surface area contributed by atoms with E-state index < -0.39 is 0 Å². The van der Waals surface area contributed by atoms with Gasteiger partial charge in [-0.1, -0.05) is 78.4 Å². The van der Waals surface area contributed by atoms with Gasteiger partial charge in [-0.05, 0) is 69.7 Å². The zero-order valence-electron chi connectivity index (χ0n) is 24.9. The summed E-state index contributed by atoms with van der Waals surface area (Å²) in [7, 11) is 0. The largest absolute Gasteiger partial charge is 0.374 e. The number of hydrogen-bond acceptors (Lipinski definition) is 5. The van der Waals surface area contributed by atoms with E-state index in [2.05, 4.69) is 66.7 Å². The monoisotopic (exact) mass is 581 g/mol. The SMILES string of the molecule is CC(CCOCC#CCC1CCN(CC#CCOCCC(C)OCc2ccccc2)CC1)OCc1ccccc1.Cl. The highest BCUT2D eigenvalue weighted by Crippen LogP contribution is 2.19. The standard InChI is InChI=1S/C35H47NO4.ClH/c1-31(39-29-34-14-5-3-6-15-34)20-27-37-25-11-9-13-33-18-23-36(24-19-33)22-10-12-26-38-28-21-32(2)40-30-35-16-7-4-8-17-35;/h3-8,14-17,31-33H,13,18-30H2,1-2H3;1H. The van der Waals surface area contributed by atoms with Crippen LogP contribution in [-0.4, -0.2) is 63.2 Å². The first-order valence-electron chi connectivity index (χ1n) is 14.8. The molecule has 0 aromatic heterocycles. The van der Waals surface area contributed by atoms with Gasteiger partial charge in [0.1, 0.15) is 13.2 Å². The fraction of sp³-hybridized carbons (Fsp3) is 0.543. The molecule has 224 valence electrons. The summed E-state index contributed by atoms with van der Waals surface area (Å²) >= 11 is 0. The molecule has 1 saturated heterocycles. The molecule has 2 unspecified atom stereocenters. The third-order valence-electron chi connectivity index (χ3n) is 7.09. The lowest BCUT2D eigenvalue weighted by Gasteiger charge is -2.29. The van der Waals surface area contributed by atoms with Crippen molar-refractivity contribution in [1.82, 2.24) is 4.90 Å². The molecular formula is C35H48ClNO4. The molecule has 0 amide bonds. The summed E-state index contributed by atoms with van der Waals surface area (Å²) in [6.07, 6.45) is 5.43. The maximum absolute atomic E-state index is 5.88. The first-order valence-corrected chi connectivity index (χ1v) is 14.8. The Labute approximate surface area is 254 Å². The van der Waals surface area contributed by atoms with Crippen LogP contribution in [0.25, 0.3) is 0 Å². The fourth-order valence-electron chi connectivity index (χ4n) is 4.37. The number of halogens is 1. The lowest BCUT2D eigenvalue weighted by molar-refractivity contribution is 0.0264. The van der Waals surface area contributed by atoms with E-state index in [1.54, 1.807) is 0 Å². The van der Waals surface area contributed by atoms with Crippen LogP contribution in [0.5, 0.6) is 0 Å². The van der Waals surface area contributed by atoms with Crippen molar-refractivity contribution in [3.63, 3.8) is 0 Å². The smallest absolute Gasteiger partial charge is 0.107 e. The summed E-state index contributed by atoms with van der Waals surface area (Å²) in [4.78, 5) is 2.43. The summed E-state index contributed by atoms with van der Waals surface area (Å²) in [6.45, 7) is 10.8. The molecule has 3 rings (SSSR count). The van der Waals surface area contributed by atoms with Crippen molar-refractivity contribution in [3.8, 4) is 23.7 Å². The number of hydrogen-bond donors (Lipinski definition) is 0. The molecule has 0 aliphatic carbocycles. The zero-order valence-corrected chi connectivity index (χ0v) is 25.7. The third-order valence-corrected chi connectivity index (χ3v) is 7.09. The minimum Gasteiger partial charge on any atom is -0.374 e. The van der Waals surface area contributed by atoms with Crippen molar-refractivity contribution in [1.29, 1.82) is 0 Å². The van der Waals surface area contributed by atoms with Gasteiger partial charge in [0.25, 0.3) is 0 Å². The van der Waals surface area contributed by atoms with Crippen molar-refractivity contribution >= 4 is 12.4 Å². The summed E-state index contributed by atoms with van der Waals surface area (Å²) in [5, 5.41) is 0. The van der Waals surface area contributed by atoms with Crippen LogP contribution < -0.4 is 0 Å². The minimum absolute atomic E-state index is 0. The van der Waals surface area contributed by atoms with E-state index in [-0.39, 0.29) is 24.6 Å². The van der Waals surface area contributed by atoms with Crippen molar-refractivity contribution in [3.05, 3.63) is 71.8 Å². The Morgan fingerprint density at radius 3 is 1.71 bits per heavy atom. The average Bonchev–Trinajstić information content (AvgIpc) is 2.99. The van der Waals surface area contributed by atoms with Crippen LogP contribution in [-0.2, 0) is 32.2 Å². The van der Waals surface area contributed by atoms with Crippen molar-refractivity contribution in [2.45, 2.75) is 71.4 Å². The Morgan fingerprint density at radius 1 is 0.707 bits per heavy atom. The van der Waals surface area contributed by atoms with Crippen LogP contribution in [0.2, 0.25) is 0 Å². The van der Waals surface area contributed by atoms with Crippen LogP contribution >= 0.6 is 12.4 Å². The molecule has 0 saturated carbocycles. The van der Waals surface area contributed by atoms with Gasteiger partial charge < -0.3 is 18.9 Å². The number of piperidine rings is 1. The van der Waals surface area contributed by atoms with Crippen LogP contribution in [0.15, 0.2) is 60.7 Å². The molecule has 41 heavy (non-hydrogen) atoms. The fourth-order valence-corrected chi connectivity index (χ4v) is 4.37. The normalized spacial score (nSPS) is 15.1. The molecule has 2 aromatic rings. The molecule has 1 heterocycles. The molecule has 2 atom stereocenters. The van der Waals surface area contributed by atoms with E-state index in [9.17, 15) is 0 Å². The molecule has 0 spiro atoms. The molecule has 1 fully saturated rings. The number of rotatable bonds is 16. The third kappa shape index (κ3) is 16.6. The second-order valence-electron chi connectivity index (χ2n) is 10.5. The maximum atomic E-state index is 5.88. The van der Waals surface area contributed by atoms with E-state index in [4.69, 9.17) is 18.9 Å². The second kappa shape index (κ2) is 22.3. The molecule has 6 heteroatoms. The van der Waals surface area contributed by atoms with Gasteiger partial charge in [0.15, 0.2) is 0 Å². The van der Waals surface area contributed by atoms with Gasteiger partial charge in [0.2, 0.25) is 0 Å². The lowest BCUT2D eigenvalue weighted by Crippen LogP contribution is -2.33. The van der Waals surface area contributed by atoms with Gasteiger partial charge in [0, 0.05) is 6.42 Å². The van der Waals surface area contributed by atoms with Gasteiger partial charge in [-0.2, -0.15) is 0 Å². The van der Waals surface area contributed by atoms with Crippen LogP contribution in [0, 0.1) is 29.6 Å². The maximum Gasteiger partial charge on any atom is 0.107 e. The Kier molecular flexibility index (Phi) is 18.9. The van der Waals surface area contributed by atoms with E-state index >= 15 is 0 Å². The highest BCUT2D eigenvalue weighted by Gasteiger charge is 2.17. The van der Waals surface area contributed by atoms with Gasteiger partial charge in [0.05, 0.1) is 45.2 Å². The molecule has 2 aromatic carbocycles. The summed E-state index contributed by atoms with van der Waals surface area (Å²) in [5.41, 5.74) is 2.40. The molecule has 1 aliphatic rings. The van der Waals surface area contributed by atoms with Crippen LogP contribution in [0.4, 0.5) is 0 Å². The van der Waals surface area contributed by atoms with Crippen LogP contribution in [0.3, 0.4) is 0 Å². The van der Waals surface area contributed by atoms with E-state index in [0.29, 0.717) is 45.6 Å². The summed E-state index contributed by atoms with van der Waals surface area (Å²) < 4.78 is 23.1. The second-order valence-corrected chi connectivity index (χ2v) is 10.5. The van der Waals surface area contributed by atoms with Crippen molar-refractivity contribution in [2.75, 3.05) is 46.1 Å². The highest BCUT2D eigenvalue weighted by atomic mass is 35.5. The predicted octanol–water partition coefficient (Wildman–Crippen LogP) is 6.54. The van der Waals surface area contributed by atoms with Crippen LogP contribution in [0.1, 0.15) is 57.1 Å². The van der Waals surface area contributed by atoms with Crippen molar-refractivity contribution < 1.29 is 18.9 Å². The first kappa shape index (κ1) is 34.8. The van der Waals surface area contributed by atoms with Crippen molar-refractivity contribution in [2.24, 2.45) is 5.92 Å². The van der Waals surface area contributed by atoms with Gasteiger partial charge >= 0.3 is 0 Å². The highest BCUT2D eigenvalue weighted by molar-refractivity contribution is 5.85. The number of nitrogens with zero attached hydrogens (tertiary/aromatic N) is 1. The number of benzene rings is 2. The predicted molar refractivity (Wildman–Crippen MR) is 169 cm³/mol. The Balaban J connectivity index is 0.00000588. The summed E-state index contributed by atoms with van der Waals surface area (Å²) in [6, 6.07) is 20.5. The number of ether oxygens (including phenoxy) is 4. The summed E-state index contributed by atoms with van der Waals surface area (Å²) in [5.74, 6) is 13.6. The van der Waals surface area contributed by atoms with E-state index in [1.807, 2.05) is 36.4 Å². The lowest BCUT2D eigenvalue weighted by atomic mass is 9.94. The van der Waals surface area contributed by atoms with E-state index in [0.717, 1.165) is 38.9 Å². The van der Waals surface area contributed by atoms with Gasteiger partial charge in [-0.3, -0.25) is 4.90 Å². The topological polar surface area (TPSA) is 40.2 Å². The molecule has 1 aliphatic heterocycles.